The Morgan fingerprint density at radius 2 is 1.79 bits per heavy atom. The molecule has 0 atom stereocenters. The molecule has 4 heteroatoms. The van der Waals surface area contributed by atoms with Crippen molar-refractivity contribution in [2.24, 2.45) is 0 Å². The molecule has 0 saturated heterocycles. The minimum absolute atomic E-state index is 0.163. The largest absolute Gasteiger partial charge is 0.347 e. The lowest BCUT2D eigenvalue weighted by molar-refractivity contribution is 0.0945. The standard InChI is InChI=1S/C15H17N3O/c1-10-4-6-13(7-5-10)8-16-15(19)14-11(2)12(3)17-9-18-14/h4-7,9H,8H2,1-3H3,(H,16,19). The van der Waals surface area contributed by atoms with Gasteiger partial charge >= 0.3 is 0 Å². The first kappa shape index (κ1) is 13.2. The number of aromatic nitrogens is 2. The van der Waals surface area contributed by atoms with Crippen LogP contribution in [0.15, 0.2) is 30.6 Å². The summed E-state index contributed by atoms with van der Waals surface area (Å²) in [5.41, 5.74) is 4.37. The third-order valence-electron chi connectivity index (χ3n) is 3.12. The van der Waals surface area contributed by atoms with Crippen LogP contribution in [0.3, 0.4) is 0 Å². The van der Waals surface area contributed by atoms with Crippen molar-refractivity contribution in [3.05, 3.63) is 58.7 Å². The van der Waals surface area contributed by atoms with Gasteiger partial charge in [0.05, 0.1) is 0 Å². The van der Waals surface area contributed by atoms with Crippen molar-refractivity contribution in [1.82, 2.24) is 15.3 Å². The SMILES string of the molecule is Cc1ccc(CNC(=O)c2ncnc(C)c2C)cc1. The number of carbonyl (C=O) groups excluding carboxylic acids is 1. The van der Waals surface area contributed by atoms with Crippen molar-refractivity contribution >= 4 is 5.91 Å². The van der Waals surface area contributed by atoms with E-state index in [1.807, 2.05) is 45.0 Å². The first-order valence-corrected chi connectivity index (χ1v) is 6.20. The number of nitrogens with zero attached hydrogens (tertiary/aromatic N) is 2. The highest BCUT2D eigenvalue weighted by molar-refractivity contribution is 5.93. The lowest BCUT2D eigenvalue weighted by Gasteiger charge is -2.08. The van der Waals surface area contributed by atoms with Crippen LogP contribution in [-0.2, 0) is 6.54 Å². The quantitative estimate of drug-likeness (QED) is 0.915. The van der Waals surface area contributed by atoms with Gasteiger partial charge in [0.2, 0.25) is 0 Å². The van der Waals surface area contributed by atoms with Gasteiger partial charge in [-0.3, -0.25) is 4.79 Å². The summed E-state index contributed by atoms with van der Waals surface area (Å²) in [6, 6.07) is 8.07. The van der Waals surface area contributed by atoms with Crippen LogP contribution in [0, 0.1) is 20.8 Å². The summed E-state index contributed by atoms with van der Waals surface area (Å²) in [4.78, 5) is 20.2. The van der Waals surface area contributed by atoms with E-state index in [4.69, 9.17) is 0 Å². The lowest BCUT2D eigenvalue weighted by Crippen LogP contribution is -2.25. The van der Waals surface area contributed by atoms with E-state index in [-0.39, 0.29) is 5.91 Å². The smallest absolute Gasteiger partial charge is 0.270 e. The third-order valence-corrected chi connectivity index (χ3v) is 3.12. The van der Waals surface area contributed by atoms with Gasteiger partial charge in [-0.2, -0.15) is 0 Å². The fourth-order valence-corrected chi connectivity index (χ4v) is 1.74. The Morgan fingerprint density at radius 3 is 2.47 bits per heavy atom. The molecule has 0 unspecified atom stereocenters. The number of rotatable bonds is 3. The van der Waals surface area contributed by atoms with Gasteiger partial charge in [-0.15, -0.1) is 0 Å². The Balaban J connectivity index is 2.05. The highest BCUT2D eigenvalue weighted by Gasteiger charge is 2.12. The van der Waals surface area contributed by atoms with Crippen LogP contribution in [0.25, 0.3) is 0 Å². The van der Waals surface area contributed by atoms with Crippen LogP contribution in [0.5, 0.6) is 0 Å². The maximum absolute atomic E-state index is 12.1. The number of amides is 1. The average Bonchev–Trinajstić information content (AvgIpc) is 2.41. The summed E-state index contributed by atoms with van der Waals surface area (Å²) in [7, 11) is 0. The van der Waals surface area contributed by atoms with Crippen molar-refractivity contribution in [3.63, 3.8) is 0 Å². The molecule has 0 fully saturated rings. The molecule has 0 saturated carbocycles. The number of hydrogen-bond donors (Lipinski definition) is 1. The van der Waals surface area contributed by atoms with Crippen molar-refractivity contribution in [2.45, 2.75) is 27.3 Å². The van der Waals surface area contributed by atoms with E-state index in [9.17, 15) is 4.79 Å². The summed E-state index contributed by atoms with van der Waals surface area (Å²) in [6.45, 7) is 6.26. The number of aryl methyl sites for hydroxylation is 2. The third kappa shape index (κ3) is 3.16. The number of carbonyl (C=O) groups is 1. The zero-order valence-corrected chi connectivity index (χ0v) is 11.4. The molecular formula is C15H17N3O. The fourth-order valence-electron chi connectivity index (χ4n) is 1.74. The minimum Gasteiger partial charge on any atom is -0.347 e. The van der Waals surface area contributed by atoms with E-state index in [1.165, 1.54) is 11.9 Å². The summed E-state index contributed by atoms with van der Waals surface area (Å²) in [5, 5.41) is 2.87. The predicted molar refractivity (Wildman–Crippen MR) is 73.9 cm³/mol. The predicted octanol–water partition coefficient (Wildman–Crippen LogP) is 2.33. The van der Waals surface area contributed by atoms with Gasteiger partial charge in [-0.1, -0.05) is 29.8 Å². The van der Waals surface area contributed by atoms with Crippen LogP contribution in [0.2, 0.25) is 0 Å². The molecule has 1 amide bonds. The summed E-state index contributed by atoms with van der Waals surface area (Å²) in [6.07, 6.45) is 1.42. The van der Waals surface area contributed by atoms with E-state index in [2.05, 4.69) is 15.3 Å². The maximum Gasteiger partial charge on any atom is 0.270 e. The molecule has 0 bridgehead atoms. The highest BCUT2D eigenvalue weighted by atomic mass is 16.1. The van der Waals surface area contributed by atoms with Crippen molar-refractivity contribution < 1.29 is 4.79 Å². The molecule has 19 heavy (non-hydrogen) atoms. The van der Waals surface area contributed by atoms with Gasteiger partial charge in [0.1, 0.15) is 12.0 Å². The second-order valence-electron chi connectivity index (χ2n) is 4.60. The second-order valence-corrected chi connectivity index (χ2v) is 4.60. The second kappa shape index (κ2) is 5.61. The van der Waals surface area contributed by atoms with Gasteiger partial charge < -0.3 is 5.32 Å². The van der Waals surface area contributed by atoms with Crippen molar-refractivity contribution in [3.8, 4) is 0 Å². The molecule has 0 radical (unpaired) electrons. The van der Waals surface area contributed by atoms with Crippen LogP contribution in [0.4, 0.5) is 0 Å². The lowest BCUT2D eigenvalue weighted by atomic mass is 10.1. The fraction of sp³-hybridized carbons (Fsp3) is 0.267. The molecule has 0 spiro atoms. The van der Waals surface area contributed by atoms with Gasteiger partial charge in [0.25, 0.3) is 5.91 Å². The van der Waals surface area contributed by atoms with Crippen molar-refractivity contribution in [1.29, 1.82) is 0 Å². The average molecular weight is 255 g/mol. The Hall–Kier alpha value is -2.23. The molecule has 0 aliphatic rings. The number of benzene rings is 1. The monoisotopic (exact) mass is 255 g/mol. The Bertz CT molecular complexity index is 591. The van der Waals surface area contributed by atoms with Crippen LogP contribution < -0.4 is 5.32 Å². The topological polar surface area (TPSA) is 54.9 Å². The van der Waals surface area contributed by atoms with E-state index < -0.39 is 0 Å². The molecule has 0 aliphatic carbocycles. The maximum atomic E-state index is 12.1. The molecule has 1 N–H and O–H groups in total. The van der Waals surface area contributed by atoms with Gasteiger partial charge in [0, 0.05) is 17.8 Å². The number of hydrogen-bond acceptors (Lipinski definition) is 3. The van der Waals surface area contributed by atoms with E-state index in [0.29, 0.717) is 12.2 Å². The first-order valence-electron chi connectivity index (χ1n) is 6.20. The highest BCUT2D eigenvalue weighted by Crippen LogP contribution is 2.08. The van der Waals surface area contributed by atoms with E-state index in [1.54, 1.807) is 0 Å². The van der Waals surface area contributed by atoms with Crippen molar-refractivity contribution in [2.75, 3.05) is 0 Å². The molecule has 1 aromatic heterocycles. The molecule has 98 valence electrons. The summed E-state index contributed by atoms with van der Waals surface area (Å²) < 4.78 is 0. The zero-order valence-electron chi connectivity index (χ0n) is 11.4. The van der Waals surface area contributed by atoms with E-state index >= 15 is 0 Å². The molecule has 1 heterocycles. The number of nitrogens with one attached hydrogen (secondary N) is 1. The summed E-state index contributed by atoms with van der Waals surface area (Å²) >= 11 is 0. The molecular weight excluding hydrogens is 238 g/mol. The first-order chi connectivity index (χ1) is 9.08. The van der Waals surface area contributed by atoms with Crippen LogP contribution in [0.1, 0.15) is 32.9 Å². The molecule has 0 aliphatic heterocycles. The normalized spacial score (nSPS) is 10.3. The van der Waals surface area contributed by atoms with Crippen LogP contribution >= 0.6 is 0 Å². The Labute approximate surface area is 112 Å². The Kier molecular flexibility index (Phi) is 3.90. The van der Waals surface area contributed by atoms with Gasteiger partial charge in [-0.05, 0) is 26.3 Å². The minimum atomic E-state index is -0.163. The van der Waals surface area contributed by atoms with E-state index in [0.717, 1.165) is 16.8 Å². The van der Waals surface area contributed by atoms with Gasteiger partial charge in [0.15, 0.2) is 0 Å². The summed E-state index contributed by atoms with van der Waals surface area (Å²) in [5.74, 6) is -0.163. The Morgan fingerprint density at radius 1 is 1.11 bits per heavy atom. The van der Waals surface area contributed by atoms with Crippen LogP contribution in [-0.4, -0.2) is 15.9 Å². The molecule has 4 nitrogen and oxygen atoms in total. The molecule has 1 aromatic carbocycles. The van der Waals surface area contributed by atoms with Gasteiger partial charge in [-0.25, -0.2) is 9.97 Å². The molecule has 2 rings (SSSR count). The molecule has 2 aromatic rings. The zero-order chi connectivity index (χ0) is 13.8.